The zero-order valence-corrected chi connectivity index (χ0v) is 17.0. The van der Waals surface area contributed by atoms with Crippen molar-refractivity contribution in [2.45, 2.75) is 19.9 Å². The van der Waals surface area contributed by atoms with Crippen LogP contribution in [0.25, 0.3) is 0 Å². The van der Waals surface area contributed by atoms with Crippen molar-refractivity contribution < 1.29 is 0 Å². The summed E-state index contributed by atoms with van der Waals surface area (Å²) in [4.78, 5) is 16.9. The summed E-state index contributed by atoms with van der Waals surface area (Å²) < 4.78 is 0. The first-order valence-electron chi connectivity index (χ1n) is 10.5. The van der Waals surface area contributed by atoms with Crippen LogP contribution >= 0.6 is 0 Å². The molecule has 0 unspecified atom stereocenters. The van der Waals surface area contributed by atoms with E-state index < -0.39 is 0 Å². The summed E-state index contributed by atoms with van der Waals surface area (Å²) in [5, 5.41) is 0. The van der Waals surface area contributed by atoms with E-state index in [4.69, 9.17) is 9.97 Å². The van der Waals surface area contributed by atoms with E-state index >= 15 is 0 Å². The molecule has 0 atom stereocenters. The van der Waals surface area contributed by atoms with Crippen molar-refractivity contribution in [3.8, 4) is 0 Å². The van der Waals surface area contributed by atoms with Crippen molar-refractivity contribution in [1.29, 1.82) is 0 Å². The molecule has 0 bridgehead atoms. The minimum atomic E-state index is 0.867. The van der Waals surface area contributed by atoms with Gasteiger partial charge in [-0.3, -0.25) is 0 Å². The predicted molar refractivity (Wildman–Crippen MR) is 119 cm³/mol. The summed E-state index contributed by atoms with van der Waals surface area (Å²) in [6, 6.07) is 21.5. The van der Waals surface area contributed by atoms with E-state index in [-0.39, 0.29) is 0 Å². The largest absolute Gasteiger partial charge is 0.368 e. The lowest BCUT2D eigenvalue weighted by Gasteiger charge is -2.37. The maximum absolute atomic E-state index is 4.97. The average Bonchev–Trinajstić information content (AvgIpc) is 2.79. The average molecular weight is 386 g/mol. The maximum atomic E-state index is 4.97. The zero-order valence-electron chi connectivity index (χ0n) is 17.0. The van der Waals surface area contributed by atoms with Gasteiger partial charge in [0.25, 0.3) is 0 Å². The molecular formula is C24H27N5. The van der Waals surface area contributed by atoms with E-state index in [2.05, 4.69) is 82.3 Å². The van der Waals surface area contributed by atoms with Gasteiger partial charge in [0.15, 0.2) is 0 Å². The molecule has 0 saturated carbocycles. The predicted octanol–water partition coefficient (Wildman–Crippen LogP) is 3.67. The number of piperazine rings is 1. The molecule has 2 aliphatic heterocycles. The highest BCUT2D eigenvalue weighted by molar-refractivity contribution is 5.51. The molecule has 0 N–H and O–H groups in total. The van der Waals surface area contributed by atoms with E-state index in [0.29, 0.717) is 0 Å². The van der Waals surface area contributed by atoms with Crippen LogP contribution in [0.2, 0.25) is 0 Å². The molecule has 0 aliphatic carbocycles. The maximum Gasteiger partial charge on any atom is 0.227 e. The molecule has 1 saturated heterocycles. The Morgan fingerprint density at radius 2 is 1.38 bits per heavy atom. The van der Waals surface area contributed by atoms with Crippen LogP contribution in [0.5, 0.6) is 0 Å². The van der Waals surface area contributed by atoms with Crippen LogP contribution in [0.3, 0.4) is 0 Å². The van der Waals surface area contributed by atoms with Gasteiger partial charge in [0, 0.05) is 56.7 Å². The fourth-order valence-corrected chi connectivity index (χ4v) is 4.33. The second-order valence-corrected chi connectivity index (χ2v) is 7.92. The summed E-state index contributed by atoms with van der Waals surface area (Å²) in [5.41, 5.74) is 5.21. The van der Waals surface area contributed by atoms with E-state index in [9.17, 15) is 0 Å². The van der Waals surface area contributed by atoms with Crippen LogP contribution in [-0.4, -0.2) is 42.7 Å². The van der Waals surface area contributed by atoms with Crippen molar-refractivity contribution in [2.24, 2.45) is 0 Å². The normalized spacial score (nSPS) is 16.7. The number of hydrogen-bond acceptors (Lipinski definition) is 5. The third-order valence-corrected chi connectivity index (χ3v) is 5.97. The molecule has 2 aromatic carbocycles. The first-order chi connectivity index (χ1) is 14.3. The highest BCUT2D eigenvalue weighted by Crippen LogP contribution is 2.26. The zero-order chi connectivity index (χ0) is 19.6. The smallest absolute Gasteiger partial charge is 0.227 e. The van der Waals surface area contributed by atoms with Crippen LogP contribution in [-0.2, 0) is 13.0 Å². The second kappa shape index (κ2) is 7.74. The highest BCUT2D eigenvalue weighted by atomic mass is 15.3. The van der Waals surface area contributed by atoms with Crippen molar-refractivity contribution in [3.63, 3.8) is 0 Å². The van der Waals surface area contributed by atoms with E-state index in [1.54, 1.807) is 0 Å². The summed E-state index contributed by atoms with van der Waals surface area (Å²) >= 11 is 0. The number of rotatable bonds is 3. The Labute approximate surface area is 172 Å². The molecule has 148 valence electrons. The van der Waals surface area contributed by atoms with Crippen molar-refractivity contribution >= 4 is 17.5 Å². The Morgan fingerprint density at radius 1 is 0.690 bits per heavy atom. The van der Waals surface area contributed by atoms with E-state index in [1.807, 2.05) is 0 Å². The molecular weight excluding hydrogens is 358 g/mol. The Bertz CT molecular complexity index is 980. The topological polar surface area (TPSA) is 35.5 Å². The number of benzene rings is 2. The quantitative estimate of drug-likeness (QED) is 0.687. The molecule has 1 fully saturated rings. The lowest BCUT2D eigenvalue weighted by Crippen LogP contribution is -2.47. The number of nitrogens with zero attached hydrogens (tertiary/aromatic N) is 5. The van der Waals surface area contributed by atoms with Gasteiger partial charge in [0.2, 0.25) is 5.95 Å². The van der Waals surface area contributed by atoms with Gasteiger partial charge in [0.1, 0.15) is 5.82 Å². The molecule has 2 aliphatic rings. The molecule has 1 aromatic heterocycles. The Hall–Kier alpha value is -3.08. The van der Waals surface area contributed by atoms with Crippen molar-refractivity contribution in [1.82, 2.24) is 9.97 Å². The van der Waals surface area contributed by atoms with Gasteiger partial charge in [-0.05, 0) is 36.6 Å². The van der Waals surface area contributed by atoms with Gasteiger partial charge in [0.05, 0.1) is 0 Å². The molecule has 5 heteroatoms. The molecule has 0 radical (unpaired) electrons. The van der Waals surface area contributed by atoms with Gasteiger partial charge in [-0.25, -0.2) is 4.98 Å². The lowest BCUT2D eigenvalue weighted by atomic mass is 10.00. The molecule has 5 nitrogen and oxygen atoms in total. The monoisotopic (exact) mass is 385 g/mol. The fourth-order valence-electron chi connectivity index (χ4n) is 4.33. The van der Waals surface area contributed by atoms with E-state index in [1.165, 1.54) is 16.8 Å². The van der Waals surface area contributed by atoms with Gasteiger partial charge in [-0.2, -0.15) is 4.98 Å². The minimum Gasteiger partial charge on any atom is -0.368 e. The van der Waals surface area contributed by atoms with Crippen LogP contribution in [0.15, 0.2) is 60.7 Å². The summed E-state index contributed by atoms with van der Waals surface area (Å²) in [6.07, 6.45) is 1.07. The van der Waals surface area contributed by atoms with Gasteiger partial charge >= 0.3 is 0 Å². The number of para-hydroxylation sites is 1. The third kappa shape index (κ3) is 3.77. The highest BCUT2D eigenvalue weighted by Gasteiger charge is 2.22. The Balaban J connectivity index is 1.32. The first kappa shape index (κ1) is 18.0. The number of hydrogen-bond donors (Lipinski definition) is 0. The molecule has 3 aromatic rings. The van der Waals surface area contributed by atoms with Gasteiger partial charge in [-0.15, -0.1) is 0 Å². The first-order valence-corrected chi connectivity index (χ1v) is 10.5. The summed E-state index contributed by atoms with van der Waals surface area (Å²) in [5.74, 6) is 1.92. The molecule has 29 heavy (non-hydrogen) atoms. The van der Waals surface area contributed by atoms with Crippen molar-refractivity contribution in [2.75, 3.05) is 47.4 Å². The van der Waals surface area contributed by atoms with Gasteiger partial charge in [-0.1, -0.05) is 42.5 Å². The Kier molecular flexibility index (Phi) is 4.80. The Morgan fingerprint density at radius 3 is 2.17 bits per heavy atom. The molecule has 0 amide bonds. The lowest BCUT2D eigenvalue weighted by molar-refractivity contribution is 0.636. The standard InChI is InChI=1S/C24H27N5/c1-19-17-23(29-12-11-20-7-5-6-8-21(20)18-29)26-24(25-19)28-15-13-27(14-16-28)22-9-3-2-4-10-22/h2-10,17H,11-16,18H2,1H3. The van der Waals surface area contributed by atoms with Crippen LogP contribution < -0.4 is 14.7 Å². The van der Waals surface area contributed by atoms with Crippen LogP contribution in [0.4, 0.5) is 17.5 Å². The summed E-state index contributed by atoms with van der Waals surface area (Å²) in [7, 11) is 0. The SMILES string of the molecule is Cc1cc(N2CCc3ccccc3C2)nc(N2CCN(c3ccccc3)CC2)n1. The number of anilines is 3. The molecule has 0 spiro atoms. The third-order valence-electron chi connectivity index (χ3n) is 5.97. The van der Waals surface area contributed by atoms with Gasteiger partial charge < -0.3 is 14.7 Å². The van der Waals surface area contributed by atoms with Crippen LogP contribution in [0, 0.1) is 6.92 Å². The number of aryl methyl sites for hydroxylation is 1. The number of fused-ring (bicyclic) bond motifs is 1. The summed E-state index contributed by atoms with van der Waals surface area (Å²) in [6.45, 7) is 7.89. The minimum absolute atomic E-state index is 0.867. The molecule has 5 rings (SSSR count). The van der Waals surface area contributed by atoms with Crippen LogP contribution in [0.1, 0.15) is 16.8 Å². The molecule has 3 heterocycles. The van der Waals surface area contributed by atoms with Crippen molar-refractivity contribution in [3.05, 3.63) is 77.5 Å². The second-order valence-electron chi connectivity index (χ2n) is 7.92. The number of aromatic nitrogens is 2. The fraction of sp³-hybridized carbons (Fsp3) is 0.333. The van der Waals surface area contributed by atoms with E-state index in [0.717, 1.165) is 63.1 Å².